The minimum Gasteiger partial charge on any atom is -0.375 e. The summed E-state index contributed by atoms with van der Waals surface area (Å²) in [4.78, 5) is 0. The number of nitrogens with one attached hydrogen (secondary N) is 1. The molecule has 0 aromatic carbocycles. The predicted molar refractivity (Wildman–Crippen MR) is 33.4 cm³/mol. The van der Waals surface area contributed by atoms with E-state index in [9.17, 15) is 0 Å². The van der Waals surface area contributed by atoms with Gasteiger partial charge in [-0.05, 0) is 6.42 Å². The lowest BCUT2D eigenvalue weighted by Crippen LogP contribution is -2.54. The van der Waals surface area contributed by atoms with E-state index in [0.717, 1.165) is 19.2 Å². The number of rotatable bonds is 0. The molecule has 48 valence electrons. The van der Waals surface area contributed by atoms with E-state index >= 15 is 0 Å². The van der Waals surface area contributed by atoms with E-state index in [1.165, 1.54) is 6.42 Å². The molecule has 2 aliphatic heterocycles. The number of hydrogen-bond donors (Lipinski definition) is 1. The topological polar surface area (TPSA) is 21.3 Å². The van der Waals surface area contributed by atoms with Gasteiger partial charge < -0.3 is 10.1 Å². The average Bonchev–Trinajstić information content (AvgIpc) is 1.85. The number of fused-ring (bicyclic) bond motifs is 1. The molecule has 0 saturated carbocycles. The second-order valence-corrected chi connectivity index (χ2v) is 2.21. The Balaban J connectivity index is 0.000000320. The first-order valence-corrected chi connectivity index (χ1v) is 2.82. The minimum absolute atomic E-state index is 0. The van der Waals surface area contributed by atoms with Crippen molar-refractivity contribution in [2.75, 3.05) is 13.2 Å². The molecule has 0 unspecified atom stereocenters. The molecule has 0 spiro atoms. The monoisotopic (exact) mass is 135 g/mol. The van der Waals surface area contributed by atoms with Gasteiger partial charge in [-0.15, -0.1) is 12.4 Å². The molecule has 2 heterocycles. The normalized spacial score (nSPS) is 42.0. The van der Waals surface area contributed by atoms with E-state index in [2.05, 4.69) is 5.32 Å². The van der Waals surface area contributed by atoms with Crippen LogP contribution in [0.4, 0.5) is 0 Å². The van der Waals surface area contributed by atoms with Crippen molar-refractivity contribution >= 4 is 12.4 Å². The zero-order valence-electron chi connectivity index (χ0n) is 4.59. The smallest absolute Gasteiger partial charge is 0.0853 e. The maximum Gasteiger partial charge on any atom is 0.0853 e. The second-order valence-electron chi connectivity index (χ2n) is 2.21. The summed E-state index contributed by atoms with van der Waals surface area (Å²) in [7, 11) is 0. The van der Waals surface area contributed by atoms with Crippen LogP contribution in [0.1, 0.15) is 6.42 Å². The van der Waals surface area contributed by atoms with E-state index in [1.54, 1.807) is 0 Å². The summed E-state index contributed by atoms with van der Waals surface area (Å²) in [6.45, 7) is 2.06. The van der Waals surface area contributed by atoms with Crippen LogP contribution >= 0.6 is 12.4 Å². The third kappa shape index (κ3) is 0.729. The molecule has 1 N–H and O–H groups in total. The molecular weight excluding hydrogens is 126 g/mol. The summed E-state index contributed by atoms with van der Waals surface area (Å²) in [6, 6.07) is 0.722. The maximum absolute atomic E-state index is 5.29. The Morgan fingerprint density at radius 3 is 2.62 bits per heavy atom. The van der Waals surface area contributed by atoms with Crippen molar-refractivity contribution in [3.05, 3.63) is 0 Å². The molecule has 0 radical (unpaired) electrons. The van der Waals surface area contributed by atoms with Gasteiger partial charge in [0.05, 0.1) is 6.10 Å². The van der Waals surface area contributed by atoms with E-state index < -0.39 is 0 Å². The summed E-state index contributed by atoms with van der Waals surface area (Å²) in [5.41, 5.74) is 0. The number of halogens is 1. The second kappa shape index (κ2) is 2.21. The van der Waals surface area contributed by atoms with Crippen LogP contribution in [0.25, 0.3) is 0 Å². The van der Waals surface area contributed by atoms with Crippen molar-refractivity contribution in [2.24, 2.45) is 0 Å². The maximum atomic E-state index is 5.29. The van der Waals surface area contributed by atoms with Crippen molar-refractivity contribution in [3.63, 3.8) is 0 Å². The highest BCUT2D eigenvalue weighted by Gasteiger charge is 2.35. The van der Waals surface area contributed by atoms with Gasteiger partial charge in [-0.3, -0.25) is 0 Å². The van der Waals surface area contributed by atoms with Crippen LogP contribution < -0.4 is 5.32 Å². The zero-order valence-corrected chi connectivity index (χ0v) is 5.41. The first kappa shape index (κ1) is 6.33. The predicted octanol–water partition coefficient (Wildman–Crippen LogP) is 0.169. The molecule has 2 rings (SSSR count). The molecule has 0 aromatic heterocycles. The van der Waals surface area contributed by atoms with Crippen LogP contribution in [0, 0.1) is 0 Å². The van der Waals surface area contributed by atoms with Gasteiger partial charge in [0.25, 0.3) is 0 Å². The lowest BCUT2D eigenvalue weighted by molar-refractivity contribution is 0.0584. The van der Waals surface area contributed by atoms with Crippen molar-refractivity contribution < 1.29 is 4.74 Å². The van der Waals surface area contributed by atoms with Crippen LogP contribution in [0.15, 0.2) is 0 Å². The number of ether oxygens (including phenoxy) is 1. The Hall–Kier alpha value is 0.210. The Morgan fingerprint density at radius 1 is 1.50 bits per heavy atom. The van der Waals surface area contributed by atoms with Crippen LogP contribution in [0.3, 0.4) is 0 Å². The molecular formula is C5H10ClNO. The van der Waals surface area contributed by atoms with E-state index in [1.807, 2.05) is 0 Å². The van der Waals surface area contributed by atoms with Gasteiger partial charge >= 0.3 is 0 Å². The molecule has 0 amide bonds. The summed E-state index contributed by atoms with van der Waals surface area (Å²) >= 11 is 0. The molecule has 2 fully saturated rings. The molecule has 2 nitrogen and oxygen atoms in total. The quantitative estimate of drug-likeness (QED) is 0.511. The highest BCUT2D eigenvalue weighted by molar-refractivity contribution is 5.85. The summed E-state index contributed by atoms with van der Waals surface area (Å²) < 4.78 is 5.29. The molecule has 0 aromatic rings. The van der Waals surface area contributed by atoms with Crippen LogP contribution in [-0.4, -0.2) is 25.3 Å². The lowest BCUT2D eigenvalue weighted by Gasteiger charge is -2.29. The minimum atomic E-state index is 0. The summed E-state index contributed by atoms with van der Waals surface area (Å²) in [5, 5.41) is 3.28. The fourth-order valence-corrected chi connectivity index (χ4v) is 1.19. The molecule has 0 aliphatic carbocycles. The van der Waals surface area contributed by atoms with Gasteiger partial charge in [-0.25, -0.2) is 0 Å². The van der Waals surface area contributed by atoms with Gasteiger partial charge in [-0.2, -0.15) is 0 Å². The largest absolute Gasteiger partial charge is 0.375 e. The van der Waals surface area contributed by atoms with Crippen molar-refractivity contribution in [3.8, 4) is 0 Å². The van der Waals surface area contributed by atoms with Crippen LogP contribution in [0.5, 0.6) is 0 Å². The highest BCUT2D eigenvalue weighted by atomic mass is 35.5. The fraction of sp³-hybridized carbons (Fsp3) is 1.00. The zero-order chi connectivity index (χ0) is 4.69. The van der Waals surface area contributed by atoms with E-state index in [-0.39, 0.29) is 12.4 Å². The average molecular weight is 136 g/mol. The lowest BCUT2D eigenvalue weighted by atomic mass is 10.0. The Labute approximate surface area is 55.0 Å². The summed E-state index contributed by atoms with van der Waals surface area (Å²) in [6.07, 6.45) is 1.81. The molecule has 2 atom stereocenters. The Bertz CT molecular complexity index is 78.5. The van der Waals surface area contributed by atoms with E-state index in [0.29, 0.717) is 6.10 Å². The Morgan fingerprint density at radius 2 is 2.38 bits per heavy atom. The standard InChI is InChI=1S/C5H9NO.ClH/c1-2-7-5-3-6-4(1)5;/h4-6H,1-3H2;1H/t4-,5-;/m1./s1. The fourth-order valence-electron chi connectivity index (χ4n) is 1.19. The molecule has 0 bridgehead atoms. The third-order valence-electron chi connectivity index (χ3n) is 1.79. The third-order valence-corrected chi connectivity index (χ3v) is 1.79. The highest BCUT2D eigenvalue weighted by Crippen LogP contribution is 2.18. The van der Waals surface area contributed by atoms with Crippen LogP contribution in [-0.2, 0) is 4.74 Å². The SMILES string of the molecule is C1C[C@H]2NC[C@H]2O1.Cl. The first-order valence-electron chi connectivity index (χ1n) is 2.82. The molecule has 8 heavy (non-hydrogen) atoms. The van der Waals surface area contributed by atoms with Crippen molar-refractivity contribution in [2.45, 2.75) is 18.6 Å². The van der Waals surface area contributed by atoms with Crippen molar-refractivity contribution in [1.29, 1.82) is 0 Å². The van der Waals surface area contributed by atoms with Gasteiger partial charge in [0.2, 0.25) is 0 Å². The molecule has 2 aliphatic rings. The number of hydrogen-bond acceptors (Lipinski definition) is 2. The Kier molecular flexibility index (Phi) is 1.75. The van der Waals surface area contributed by atoms with Gasteiger partial charge in [0.1, 0.15) is 0 Å². The first-order chi connectivity index (χ1) is 3.47. The van der Waals surface area contributed by atoms with Crippen molar-refractivity contribution in [1.82, 2.24) is 5.32 Å². The van der Waals surface area contributed by atoms with Crippen LogP contribution in [0.2, 0.25) is 0 Å². The molecule has 2 saturated heterocycles. The summed E-state index contributed by atoms with van der Waals surface area (Å²) in [5.74, 6) is 0. The van der Waals surface area contributed by atoms with Gasteiger partial charge in [-0.1, -0.05) is 0 Å². The van der Waals surface area contributed by atoms with E-state index in [4.69, 9.17) is 4.74 Å². The van der Waals surface area contributed by atoms with Gasteiger partial charge in [0, 0.05) is 19.2 Å². The van der Waals surface area contributed by atoms with Gasteiger partial charge in [0.15, 0.2) is 0 Å². The molecule has 3 heteroatoms.